The molecule has 0 aliphatic rings. The minimum absolute atomic E-state index is 0.0792. The lowest BCUT2D eigenvalue weighted by Gasteiger charge is -2.13. The zero-order valence-electron chi connectivity index (χ0n) is 8.49. The van der Waals surface area contributed by atoms with Gasteiger partial charge in [0.1, 0.15) is 6.61 Å². The smallest absolute Gasteiger partial charge is 0.332 e. The summed E-state index contributed by atoms with van der Waals surface area (Å²) in [5.74, 6) is -0.709. The highest BCUT2D eigenvalue weighted by molar-refractivity contribution is 5.86. The highest BCUT2D eigenvalue weighted by atomic mass is 16.6. The van der Waals surface area contributed by atoms with Crippen LogP contribution in [0.25, 0.3) is 0 Å². The largest absolute Gasteiger partial charge is 0.453 e. The van der Waals surface area contributed by atoms with Crippen LogP contribution in [-0.4, -0.2) is 31.6 Å². The summed E-state index contributed by atoms with van der Waals surface area (Å²) in [4.78, 5) is 22.1. The summed E-state index contributed by atoms with van der Waals surface area (Å²) in [6, 6.07) is 0. The van der Waals surface area contributed by atoms with E-state index >= 15 is 0 Å². The Morgan fingerprint density at radius 3 is 2.15 bits per heavy atom. The molecule has 0 fully saturated rings. The summed E-state index contributed by atoms with van der Waals surface area (Å²) in [6.07, 6.45) is -0.678. The van der Waals surface area contributed by atoms with Crippen molar-refractivity contribution in [1.82, 2.24) is 0 Å². The maximum absolute atomic E-state index is 11.3. The van der Waals surface area contributed by atoms with Gasteiger partial charge < -0.3 is 9.47 Å². The molecular weight excluding hydrogens is 172 g/mol. The van der Waals surface area contributed by atoms with Crippen LogP contribution < -0.4 is 0 Å². The molecule has 13 heavy (non-hydrogen) atoms. The van der Waals surface area contributed by atoms with Crippen LogP contribution in [0, 0.1) is 5.92 Å². The van der Waals surface area contributed by atoms with E-state index in [1.807, 2.05) is 0 Å². The SMILES string of the molecule is COCC(=O)OC(C)C(=O)C(C)C. The fourth-order valence-corrected chi connectivity index (χ4v) is 0.877. The minimum atomic E-state index is -0.678. The van der Waals surface area contributed by atoms with Gasteiger partial charge in [-0.3, -0.25) is 4.79 Å². The van der Waals surface area contributed by atoms with Gasteiger partial charge in [-0.25, -0.2) is 4.79 Å². The van der Waals surface area contributed by atoms with Crippen molar-refractivity contribution in [2.75, 3.05) is 13.7 Å². The van der Waals surface area contributed by atoms with Gasteiger partial charge >= 0.3 is 5.97 Å². The van der Waals surface area contributed by atoms with E-state index in [0.29, 0.717) is 0 Å². The van der Waals surface area contributed by atoms with Crippen LogP contribution in [0.15, 0.2) is 0 Å². The Kier molecular flexibility index (Phi) is 5.30. The molecule has 0 heterocycles. The lowest BCUT2D eigenvalue weighted by Crippen LogP contribution is -2.29. The Morgan fingerprint density at radius 1 is 1.23 bits per heavy atom. The van der Waals surface area contributed by atoms with Crippen molar-refractivity contribution in [2.45, 2.75) is 26.9 Å². The molecule has 0 aromatic rings. The van der Waals surface area contributed by atoms with E-state index in [1.54, 1.807) is 20.8 Å². The highest BCUT2D eigenvalue weighted by Crippen LogP contribution is 2.03. The third-order valence-corrected chi connectivity index (χ3v) is 1.54. The molecule has 4 nitrogen and oxygen atoms in total. The second kappa shape index (κ2) is 5.70. The summed E-state index contributed by atoms with van der Waals surface area (Å²) in [6.45, 7) is 4.98. The van der Waals surface area contributed by atoms with Crippen LogP contribution in [0.3, 0.4) is 0 Å². The van der Waals surface area contributed by atoms with E-state index in [-0.39, 0.29) is 18.3 Å². The van der Waals surface area contributed by atoms with Gasteiger partial charge in [0.05, 0.1) is 0 Å². The number of hydrogen-bond acceptors (Lipinski definition) is 4. The number of carbonyl (C=O) groups excluding carboxylic acids is 2. The van der Waals surface area contributed by atoms with Crippen LogP contribution in [0.5, 0.6) is 0 Å². The first-order chi connectivity index (χ1) is 5.99. The van der Waals surface area contributed by atoms with Gasteiger partial charge in [0.2, 0.25) is 0 Å². The Hall–Kier alpha value is -0.900. The van der Waals surface area contributed by atoms with Crippen molar-refractivity contribution >= 4 is 11.8 Å². The monoisotopic (exact) mass is 188 g/mol. The van der Waals surface area contributed by atoms with E-state index in [4.69, 9.17) is 4.74 Å². The van der Waals surface area contributed by atoms with Gasteiger partial charge in [0, 0.05) is 13.0 Å². The van der Waals surface area contributed by atoms with Crippen molar-refractivity contribution in [2.24, 2.45) is 5.92 Å². The number of ether oxygens (including phenoxy) is 2. The molecule has 0 saturated heterocycles. The lowest BCUT2D eigenvalue weighted by atomic mass is 10.1. The molecule has 0 radical (unpaired) electrons. The first-order valence-corrected chi connectivity index (χ1v) is 4.21. The second-order valence-electron chi connectivity index (χ2n) is 3.12. The Morgan fingerprint density at radius 2 is 1.77 bits per heavy atom. The topological polar surface area (TPSA) is 52.6 Å². The minimum Gasteiger partial charge on any atom is -0.453 e. The first-order valence-electron chi connectivity index (χ1n) is 4.21. The molecule has 0 aromatic heterocycles. The summed E-state index contributed by atoms with van der Waals surface area (Å²) in [5.41, 5.74) is 0. The van der Waals surface area contributed by atoms with Gasteiger partial charge in [0.15, 0.2) is 11.9 Å². The zero-order valence-corrected chi connectivity index (χ0v) is 8.49. The summed E-state index contributed by atoms with van der Waals surface area (Å²) >= 11 is 0. The maximum Gasteiger partial charge on any atom is 0.332 e. The van der Waals surface area contributed by atoms with Gasteiger partial charge in [0.25, 0.3) is 0 Å². The molecule has 0 rings (SSSR count). The molecule has 1 unspecified atom stereocenters. The Balaban J connectivity index is 3.92. The van der Waals surface area contributed by atoms with E-state index < -0.39 is 12.1 Å². The molecule has 76 valence electrons. The molecular formula is C9H16O4. The molecule has 4 heteroatoms. The summed E-state index contributed by atoms with van der Waals surface area (Å²) in [7, 11) is 1.40. The number of rotatable bonds is 5. The number of methoxy groups -OCH3 is 1. The van der Waals surface area contributed by atoms with E-state index in [2.05, 4.69) is 4.74 Å². The van der Waals surface area contributed by atoms with E-state index in [9.17, 15) is 9.59 Å². The third-order valence-electron chi connectivity index (χ3n) is 1.54. The van der Waals surface area contributed by atoms with Crippen molar-refractivity contribution in [3.8, 4) is 0 Å². The number of esters is 1. The fourth-order valence-electron chi connectivity index (χ4n) is 0.877. The molecule has 0 spiro atoms. The third kappa shape index (κ3) is 4.62. The average Bonchev–Trinajstić information content (AvgIpc) is 2.03. The van der Waals surface area contributed by atoms with Crippen molar-refractivity contribution in [1.29, 1.82) is 0 Å². The molecule has 0 amide bonds. The normalized spacial score (nSPS) is 12.7. The molecule has 1 atom stereocenters. The maximum atomic E-state index is 11.3. The highest BCUT2D eigenvalue weighted by Gasteiger charge is 2.19. The predicted molar refractivity (Wildman–Crippen MR) is 47.3 cm³/mol. The molecule has 0 aliphatic carbocycles. The lowest BCUT2D eigenvalue weighted by molar-refractivity contribution is -0.158. The summed E-state index contributed by atoms with van der Waals surface area (Å²) < 4.78 is 9.36. The first kappa shape index (κ1) is 12.1. The van der Waals surface area contributed by atoms with Crippen molar-refractivity contribution in [3.05, 3.63) is 0 Å². The molecule has 0 aliphatic heterocycles. The standard InChI is InChI=1S/C9H16O4/c1-6(2)9(11)7(3)13-8(10)5-12-4/h6-7H,5H2,1-4H3. The van der Waals surface area contributed by atoms with E-state index in [0.717, 1.165) is 0 Å². The van der Waals surface area contributed by atoms with Crippen LogP contribution >= 0.6 is 0 Å². The number of Topliss-reactive ketones (excluding diaryl/α,β-unsaturated/α-hetero) is 1. The molecule has 0 aromatic carbocycles. The van der Waals surface area contributed by atoms with Gasteiger partial charge in [-0.15, -0.1) is 0 Å². The van der Waals surface area contributed by atoms with Crippen LogP contribution in [0.1, 0.15) is 20.8 Å². The fraction of sp³-hybridized carbons (Fsp3) is 0.778. The second-order valence-corrected chi connectivity index (χ2v) is 3.12. The average molecular weight is 188 g/mol. The quantitative estimate of drug-likeness (QED) is 0.598. The van der Waals surface area contributed by atoms with Crippen LogP contribution in [-0.2, 0) is 19.1 Å². The van der Waals surface area contributed by atoms with Crippen LogP contribution in [0.4, 0.5) is 0 Å². The number of carbonyl (C=O) groups is 2. The van der Waals surface area contributed by atoms with Crippen molar-refractivity contribution < 1.29 is 19.1 Å². The number of ketones is 1. The molecule has 0 bridgehead atoms. The van der Waals surface area contributed by atoms with Gasteiger partial charge in [-0.1, -0.05) is 13.8 Å². The Bertz CT molecular complexity index is 186. The van der Waals surface area contributed by atoms with Gasteiger partial charge in [-0.2, -0.15) is 0 Å². The molecule has 0 N–H and O–H groups in total. The van der Waals surface area contributed by atoms with Gasteiger partial charge in [-0.05, 0) is 6.92 Å². The van der Waals surface area contributed by atoms with Crippen LogP contribution in [0.2, 0.25) is 0 Å². The van der Waals surface area contributed by atoms with Crippen molar-refractivity contribution in [3.63, 3.8) is 0 Å². The number of hydrogen-bond donors (Lipinski definition) is 0. The predicted octanol–water partition coefficient (Wildman–Crippen LogP) is 0.790. The summed E-state index contributed by atoms with van der Waals surface area (Å²) in [5, 5.41) is 0. The Labute approximate surface area is 78.2 Å². The molecule has 0 saturated carbocycles. The van der Waals surface area contributed by atoms with E-state index in [1.165, 1.54) is 7.11 Å². The zero-order chi connectivity index (χ0) is 10.4.